The minimum atomic E-state index is -0.454. The van der Waals surface area contributed by atoms with Crippen molar-refractivity contribution < 1.29 is 13.9 Å². The van der Waals surface area contributed by atoms with E-state index in [1.165, 1.54) is 25.3 Å². The van der Waals surface area contributed by atoms with Crippen molar-refractivity contribution in [2.24, 2.45) is 0 Å². The van der Waals surface area contributed by atoms with E-state index in [4.69, 9.17) is 4.74 Å². The van der Waals surface area contributed by atoms with Crippen molar-refractivity contribution in [2.45, 2.75) is 4.90 Å². The summed E-state index contributed by atoms with van der Waals surface area (Å²) in [5.74, 6) is -0.325. The first-order valence-corrected chi connectivity index (χ1v) is 6.90. The maximum Gasteiger partial charge on any atom is 0.196 e. The lowest BCUT2D eigenvalue weighted by molar-refractivity contribution is 0.103. The molecule has 0 saturated carbocycles. The maximum absolute atomic E-state index is 13.3. The Bertz CT molecular complexity index is 594. The predicted molar refractivity (Wildman–Crippen MR) is 74.6 cm³/mol. The van der Waals surface area contributed by atoms with Gasteiger partial charge in [-0.25, -0.2) is 4.39 Å². The molecule has 0 saturated heterocycles. The number of carbonyl (C=O) groups excluding carboxylic acids is 1. The van der Waals surface area contributed by atoms with Crippen LogP contribution in [0.2, 0.25) is 0 Å². The van der Waals surface area contributed by atoms with Crippen molar-refractivity contribution >= 4 is 17.5 Å². The Kier molecular flexibility index (Phi) is 4.22. The zero-order valence-corrected chi connectivity index (χ0v) is 11.5. The third kappa shape index (κ3) is 2.96. The van der Waals surface area contributed by atoms with Gasteiger partial charge in [0.15, 0.2) is 5.78 Å². The van der Waals surface area contributed by atoms with Gasteiger partial charge in [0.2, 0.25) is 0 Å². The van der Waals surface area contributed by atoms with Gasteiger partial charge in [-0.05, 0) is 48.7 Å². The van der Waals surface area contributed by atoms with Crippen molar-refractivity contribution in [3.8, 4) is 5.75 Å². The van der Waals surface area contributed by atoms with Gasteiger partial charge < -0.3 is 4.74 Å². The Morgan fingerprint density at radius 3 is 2.42 bits per heavy atom. The van der Waals surface area contributed by atoms with Crippen LogP contribution in [0.4, 0.5) is 4.39 Å². The van der Waals surface area contributed by atoms with E-state index < -0.39 is 5.82 Å². The lowest BCUT2D eigenvalue weighted by Gasteiger charge is -2.08. The van der Waals surface area contributed by atoms with Crippen molar-refractivity contribution in [1.82, 2.24) is 0 Å². The number of ketones is 1. The minimum Gasteiger partial charge on any atom is -0.496 e. The molecule has 0 unspecified atom stereocenters. The van der Waals surface area contributed by atoms with Crippen molar-refractivity contribution in [1.29, 1.82) is 0 Å². The van der Waals surface area contributed by atoms with E-state index >= 15 is 0 Å². The molecule has 0 atom stereocenters. The number of methoxy groups -OCH3 is 1. The third-order valence-corrected chi connectivity index (χ3v) is 3.50. The fourth-order valence-electron chi connectivity index (χ4n) is 1.76. The minimum absolute atomic E-state index is 0.236. The Labute approximate surface area is 115 Å². The molecular formula is C15H13FO2S. The second-order valence-corrected chi connectivity index (χ2v) is 4.78. The van der Waals surface area contributed by atoms with E-state index in [0.717, 1.165) is 4.90 Å². The summed E-state index contributed by atoms with van der Waals surface area (Å²) in [5.41, 5.74) is 0.751. The summed E-state index contributed by atoms with van der Waals surface area (Å²) in [6.45, 7) is 0. The number of hydrogen-bond donors (Lipinski definition) is 0. The molecule has 0 amide bonds. The zero-order valence-electron chi connectivity index (χ0n) is 10.6. The molecule has 0 N–H and O–H groups in total. The van der Waals surface area contributed by atoms with Crippen LogP contribution in [0.25, 0.3) is 0 Å². The molecule has 98 valence electrons. The van der Waals surface area contributed by atoms with Gasteiger partial charge in [-0.15, -0.1) is 11.8 Å². The van der Waals surface area contributed by atoms with Crippen LogP contribution in [-0.2, 0) is 0 Å². The molecule has 0 aliphatic heterocycles. The molecule has 2 nitrogen and oxygen atoms in total. The van der Waals surface area contributed by atoms with Gasteiger partial charge in [0.25, 0.3) is 0 Å². The number of rotatable bonds is 4. The highest BCUT2D eigenvalue weighted by atomic mass is 32.2. The van der Waals surface area contributed by atoms with Crippen molar-refractivity contribution in [3.05, 3.63) is 59.4 Å². The molecule has 2 rings (SSSR count). The topological polar surface area (TPSA) is 26.3 Å². The molecule has 0 heterocycles. The predicted octanol–water partition coefficient (Wildman–Crippen LogP) is 3.79. The Morgan fingerprint density at radius 1 is 1.16 bits per heavy atom. The monoisotopic (exact) mass is 276 g/mol. The van der Waals surface area contributed by atoms with Crippen LogP contribution in [-0.4, -0.2) is 19.1 Å². The molecule has 0 fully saturated rings. The second kappa shape index (κ2) is 5.89. The first kappa shape index (κ1) is 13.6. The molecule has 0 aliphatic rings. The van der Waals surface area contributed by atoms with Crippen LogP contribution >= 0.6 is 11.8 Å². The zero-order chi connectivity index (χ0) is 13.8. The molecule has 0 aliphatic carbocycles. The molecule has 0 aromatic heterocycles. The Morgan fingerprint density at radius 2 is 1.84 bits per heavy atom. The summed E-state index contributed by atoms with van der Waals surface area (Å²) in [5, 5.41) is 0. The summed E-state index contributed by atoms with van der Waals surface area (Å²) < 4.78 is 18.4. The van der Waals surface area contributed by atoms with Gasteiger partial charge in [0, 0.05) is 10.5 Å². The Balaban J connectivity index is 2.40. The first-order valence-electron chi connectivity index (χ1n) is 5.68. The van der Waals surface area contributed by atoms with E-state index in [9.17, 15) is 9.18 Å². The van der Waals surface area contributed by atoms with Crippen LogP contribution in [0.5, 0.6) is 5.75 Å². The highest BCUT2D eigenvalue weighted by Gasteiger charge is 2.15. The number of benzene rings is 2. The molecule has 4 heteroatoms. The van der Waals surface area contributed by atoms with E-state index in [2.05, 4.69) is 0 Å². The molecule has 2 aromatic carbocycles. The van der Waals surface area contributed by atoms with Crippen LogP contribution < -0.4 is 4.74 Å². The van der Waals surface area contributed by atoms with Crippen LogP contribution in [0.3, 0.4) is 0 Å². The summed E-state index contributed by atoms with van der Waals surface area (Å²) in [7, 11) is 1.46. The van der Waals surface area contributed by atoms with Gasteiger partial charge in [0.1, 0.15) is 11.6 Å². The van der Waals surface area contributed by atoms with Gasteiger partial charge in [0.05, 0.1) is 12.7 Å². The summed E-state index contributed by atoms with van der Waals surface area (Å²) in [6, 6.07) is 11.1. The number of ether oxygens (including phenoxy) is 1. The van der Waals surface area contributed by atoms with E-state index in [1.54, 1.807) is 23.9 Å². The molecular weight excluding hydrogens is 263 g/mol. The van der Waals surface area contributed by atoms with E-state index in [-0.39, 0.29) is 11.3 Å². The summed E-state index contributed by atoms with van der Waals surface area (Å²) >= 11 is 1.60. The number of thioether (sulfide) groups is 1. The van der Waals surface area contributed by atoms with Gasteiger partial charge in [-0.2, -0.15) is 0 Å². The number of halogens is 1. The molecule has 2 aromatic rings. The fourth-order valence-corrected chi connectivity index (χ4v) is 2.16. The molecule has 0 bridgehead atoms. The normalized spacial score (nSPS) is 10.3. The highest BCUT2D eigenvalue weighted by Crippen LogP contribution is 2.23. The van der Waals surface area contributed by atoms with Gasteiger partial charge in [-0.3, -0.25) is 4.79 Å². The largest absolute Gasteiger partial charge is 0.496 e. The van der Waals surface area contributed by atoms with Crippen LogP contribution in [0.15, 0.2) is 47.4 Å². The number of carbonyl (C=O) groups is 1. The average molecular weight is 276 g/mol. The molecule has 19 heavy (non-hydrogen) atoms. The SMILES string of the molecule is COc1ccc(F)cc1C(=O)c1ccc(SC)cc1. The highest BCUT2D eigenvalue weighted by molar-refractivity contribution is 7.98. The van der Waals surface area contributed by atoms with Gasteiger partial charge in [-0.1, -0.05) is 0 Å². The molecule has 0 radical (unpaired) electrons. The Hall–Kier alpha value is -1.81. The maximum atomic E-state index is 13.3. The van der Waals surface area contributed by atoms with Gasteiger partial charge >= 0.3 is 0 Å². The summed E-state index contributed by atoms with van der Waals surface area (Å²) in [4.78, 5) is 13.4. The average Bonchev–Trinajstić information content (AvgIpc) is 2.46. The van der Waals surface area contributed by atoms with E-state index in [1.807, 2.05) is 18.4 Å². The third-order valence-electron chi connectivity index (χ3n) is 2.76. The van der Waals surface area contributed by atoms with Crippen molar-refractivity contribution in [3.63, 3.8) is 0 Å². The standard InChI is InChI=1S/C15H13FO2S/c1-18-14-8-5-11(16)9-13(14)15(17)10-3-6-12(19-2)7-4-10/h3-9H,1-2H3. The smallest absolute Gasteiger partial charge is 0.196 e. The van der Waals surface area contributed by atoms with Crippen LogP contribution in [0.1, 0.15) is 15.9 Å². The lowest BCUT2D eigenvalue weighted by Crippen LogP contribution is -2.04. The van der Waals surface area contributed by atoms with Crippen molar-refractivity contribution in [2.75, 3.05) is 13.4 Å². The summed E-state index contributed by atoms with van der Waals surface area (Å²) in [6.07, 6.45) is 1.96. The quantitative estimate of drug-likeness (QED) is 0.628. The fraction of sp³-hybridized carbons (Fsp3) is 0.133. The number of hydrogen-bond acceptors (Lipinski definition) is 3. The lowest BCUT2D eigenvalue weighted by atomic mass is 10.0. The first-order chi connectivity index (χ1) is 9.15. The molecule has 0 spiro atoms. The van der Waals surface area contributed by atoms with E-state index in [0.29, 0.717) is 11.3 Å². The second-order valence-electron chi connectivity index (χ2n) is 3.90. The van der Waals surface area contributed by atoms with Crippen LogP contribution in [0, 0.1) is 5.82 Å².